The van der Waals surface area contributed by atoms with E-state index < -0.39 is 0 Å². The largest absolute Gasteiger partial charge is 0.347 e. The Labute approximate surface area is 116 Å². The molecule has 0 spiro atoms. The third-order valence-corrected chi connectivity index (χ3v) is 4.14. The van der Waals surface area contributed by atoms with Gasteiger partial charge in [0.2, 0.25) is 5.91 Å². The number of amides is 1. The van der Waals surface area contributed by atoms with Crippen molar-refractivity contribution in [1.82, 2.24) is 9.88 Å². The molecule has 1 aromatic rings. The molecule has 1 unspecified atom stereocenters. The SMILES string of the molecule is Cc1cc(N2CCCC2C(=O)N(C)C)ncc1Br. The van der Waals surface area contributed by atoms with E-state index in [4.69, 9.17) is 0 Å². The summed E-state index contributed by atoms with van der Waals surface area (Å²) in [5, 5.41) is 0. The Kier molecular flexibility index (Phi) is 3.90. The number of carbonyl (C=O) groups excluding carboxylic acids is 1. The Morgan fingerprint density at radius 3 is 2.89 bits per heavy atom. The van der Waals surface area contributed by atoms with Crippen molar-refractivity contribution in [3.63, 3.8) is 0 Å². The van der Waals surface area contributed by atoms with Crippen LogP contribution in [0, 0.1) is 6.92 Å². The molecule has 18 heavy (non-hydrogen) atoms. The van der Waals surface area contributed by atoms with Crippen LogP contribution in [0.15, 0.2) is 16.7 Å². The lowest BCUT2D eigenvalue weighted by Crippen LogP contribution is -2.43. The second-order valence-corrected chi connectivity index (χ2v) is 5.73. The van der Waals surface area contributed by atoms with Gasteiger partial charge in [-0.25, -0.2) is 4.98 Å². The average molecular weight is 312 g/mol. The second kappa shape index (κ2) is 5.26. The van der Waals surface area contributed by atoms with Gasteiger partial charge in [0.15, 0.2) is 0 Å². The number of likely N-dealkylation sites (N-methyl/N-ethyl adjacent to an activating group) is 1. The summed E-state index contributed by atoms with van der Waals surface area (Å²) >= 11 is 3.45. The van der Waals surface area contributed by atoms with Crippen molar-refractivity contribution in [2.24, 2.45) is 0 Å². The minimum atomic E-state index is -0.0620. The lowest BCUT2D eigenvalue weighted by Gasteiger charge is -2.27. The number of hydrogen-bond acceptors (Lipinski definition) is 3. The fraction of sp³-hybridized carbons (Fsp3) is 0.538. The minimum Gasteiger partial charge on any atom is -0.347 e. The van der Waals surface area contributed by atoms with Crippen molar-refractivity contribution < 1.29 is 4.79 Å². The van der Waals surface area contributed by atoms with Crippen molar-refractivity contribution >= 4 is 27.7 Å². The number of aromatic nitrogens is 1. The van der Waals surface area contributed by atoms with Gasteiger partial charge in [-0.15, -0.1) is 0 Å². The molecule has 5 heteroatoms. The van der Waals surface area contributed by atoms with Gasteiger partial charge in [0.25, 0.3) is 0 Å². The summed E-state index contributed by atoms with van der Waals surface area (Å²) in [7, 11) is 3.61. The van der Waals surface area contributed by atoms with Crippen molar-refractivity contribution in [2.45, 2.75) is 25.8 Å². The Balaban J connectivity index is 2.26. The minimum absolute atomic E-state index is 0.0620. The summed E-state index contributed by atoms with van der Waals surface area (Å²) in [6.45, 7) is 2.94. The number of halogens is 1. The number of rotatable bonds is 2. The normalized spacial score (nSPS) is 19.1. The summed E-state index contributed by atoms with van der Waals surface area (Å²) in [6.07, 6.45) is 3.76. The van der Waals surface area contributed by atoms with Crippen LogP contribution < -0.4 is 4.90 Å². The molecule has 0 aromatic carbocycles. The Morgan fingerprint density at radius 2 is 2.28 bits per heavy atom. The number of anilines is 1. The molecular formula is C13H18BrN3O. The molecule has 0 saturated carbocycles. The van der Waals surface area contributed by atoms with Crippen LogP contribution in [0.1, 0.15) is 18.4 Å². The fourth-order valence-electron chi connectivity index (χ4n) is 2.28. The van der Waals surface area contributed by atoms with Crippen LogP contribution in [0.2, 0.25) is 0 Å². The van der Waals surface area contributed by atoms with E-state index in [0.29, 0.717) is 0 Å². The molecule has 1 amide bonds. The summed E-state index contributed by atoms with van der Waals surface area (Å²) < 4.78 is 1.00. The van der Waals surface area contributed by atoms with Gasteiger partial charge in [-0.2, -0.15) is 0 Å². The van der Waals surface area contributed by atoms with Crippen LogP contribution >= 0.6 is 15.9 Å². The van der Waals surface area contributed by atoms with Gasteiger partial charge in [0.1, 0.15) is 11.9 Å². The predicted molar refractivity (Wildman–Crippen MR) is 75.7 cm³/mol. The zero-order chi connectivity index (χ0) is 13.3. The lowest BCUT2D eigenvalue weighted by molar-refractivity contribution is -0.129. The fourth-order valence-corrected chi connectivity index (χ4v) is 2.49. The topological polar surface area (TPSA) is 36.4 Å². The van der Waals surface area contributed by atoms with E-state index in [9.17, 15) is 4.79 Å². The van der Waals surface area contributed by atoms with Crippen LogP contribution in [-0.4, -0.2) is 42.5 Å². The Bertz CT molecular complexity index is 462. The first-order valence-electron chi connectivity index (χ1n) is 6.10. The van der Waals surface area contributed by atoms with Gasteiger partial charge >= 0.3 is 0 Å². The van der Waals surface area contributed by atoms with Crippen LogP contribution in [0.25, 0.3) is 0 Å². The van der Waals surface area contributed by atoms with Crippen LogP contribution in [-0.2, 0) is 4.79 Å². The van der Waals surface area contributed by atoms with E-state index in [1.165, 1.54) is 0 Å². The van der Waals surface area contributed by atoms with E-state index in [2.05, 4.69) is 25.8 Å². The average Bonchev–Trinajstić information content (AvgIpc) is 2.80. The van der Waals surface area contributed by atoms with Gasteiger partial charge in [-0.1, -0.05) is 0 Å². The maximum atomic E-state index is 12.1. The summed E-state index contributed by atoms with van der Waals surface area (Å²) in [5.74, 6) is 1.06. The highest BCUT2D eigenvalue weighted by molar-refractivity contribution is 9.10. The highest BCUT2D eigenvalue weighted by Crippen LogP contribution is 2.27. The quantitative estimate of drug-likeness (QED) is 0.840. The molecular weight excluding hydrogens is 294 g/mol. The number of nitrogens with zero attached hydrogens (tertiary/aromatic N) is 3. The highest BCUT2D eigenvalue weighted by Gasteiger charge is 2.32. The highest BCUT2D eigenvalue weighted by atomic mass is 79.9. The third-order valence-electron chi connectivity index (χ3n) is 3.31. The van der Waals surface area contributed by atoms with Gasteiger partial charge in [0.05, 0.1) is 0 Å². The molecule has 0 aliphatic carbocycles. The van der Waals surface area contributed by atoms with Crippen molar-refractivity contribution in [3.05, 3.63) is 22.3 Å². The molecule has 1 aliphatic rings. The van der Waals surface area contributed by atoms with Crippen molar-refractivity contribution in [1.29, 1.82) is 0 Å². The molecule has 2 heterocycles. The zero-order valence-corrected chi connectivity index (χ0v) is 12.6. The molecule has 0 radical (unpaired) electrons. The molecule has 1 aromatic heterocycles. The van der Waals surface area contributed by atoms with E-state index in [0.717, 1.165) is 35.2 Å². The molecule has 4 nitrogen and oxygen atoms in total. The molecule has 1 fully saturated rings. The maximum absolute atomic E-state index is 12.1. The van der Waals surface area contributed by atoms with Gasteiger partial charge in [-0.05, 0) is 47.3 Å². The molecule has 0 N–H and O–H groups in total. The van der Waals surface area contributed by atoms with Crippen LogP contribution in [0.4, 0.5) is 5.82 Å². The van der Waals surface area contributed by atoms with Crippen molar-refractivity contribution in [2.75, 3.05) is 25.5 Å². The smallest absolute Gasteiger partial charge is 0.244 e. The summed E-state index contributed by atoms with van der Waals surface area (Å²) in [4.78, 5) is 20.3. The summed E-state index contributed by atoms with van der Waals surface area (Å²) in [6, 6.07) is 1.97. The molecule has 2 rings (SSSR count). The van der Waals surface area contributed by atoms with Gasteiger partial charge < -0.3 is 9.80 Å². The van der Waals surface area contributed by atoms with Crippen LogP contribution in [0.3, 0.4) is 0 Å². The monoisotopic (exact) mass is 311 g/mol. The predicted octanol–water partition coefficient (Wildman–Crippen LogP) is 2.21. The van der Waals surface area contributed by atoms with Crippen LogP contribution in [0.5, 0.6) is 0 Å². The van der Waals surface area contributed by atoms with E-state index in [1.807, 2.05) is 13.0 Å². The Morgan fingerprint density at radius 1 is 1.56 bits per heavy atom. The molecule has 1 saturated heterocycles. The van der Waals surface area contributed by atoms with E-state index in [-0.39, 0.29) is 11.9 Å². The first-order valence-corrected chi connectivity index (χ1v) is 6.90. The first kappa shape index (κ1) is 13.3. The number of pyridine rings is 1. The molecule has 98 valence electrons. The van der Waals surface area contributed by atoms with E-state index >= 15 is 0 Å². The number of carbonyl (C=O) groups is 1. The standard InChI is InChI=1S/C13H18BrN3O/c1-9-7-12(15-8-10(9)14)17-6-4-5-11(17)13(18)16(2)3/h7-8,11H,4-6H2,1-3H3. The summed E-state index contributed by atoms with van der Waals surface area (Å²) in [5.41, 5.74) is 1.14. The molecule has 1 atom stereocenters. The van der Waals surface area contributed by atoms with E-state index in [1.54, 1.807) is 25.2 Å². The Hall–Kier alpha value is -1.10. The first-order chi connectivity index (χ1) is 8.50. The van der Waals surface area contributed by atoms with Crippen molar-refractivity contribution in [3.8, 4) is 0 Å². The molecule has 0 bridgehead atoms. The maximum Gasteiger partial charge on any atom is 0.244 e. The third kappa shape index (κ3) is 2.51. The molecule has 1 aliphatic heterocycles. The number of aryl methyl sites for hydroxylation is 1. The van der Waals surface area contributed by atoms with Gasteiger partial charge in [0, 0.05) is 31.3 Å². The number of hydrogen-bond donors (Lipinski definition) is 0. The zero-order valence-electron chi connectivity index (χ0n) is 11.0. The van der Waals surface area contributed by atoms with Gasteiger partial charge in [-0.3, -0.25) is 4.79 Å². The lowest BCUT2D eigenvalue weighted by atomic mass is 10.2. The second-order valence-electron chi connectivity index (χ2n) is 4.88.